The SMILES string of the molecule is CC1CNC2CCC2C1. The molecule has 3 unspecified atom stereocenters. The summed E-state index contributed by atoms with van der Waals surface area (Å²) in [5.74, 6) is 1.99. The zero-order valence-corrected chi connectivity index (χ0v) is 6.06. The van der Waals surface area contributed by atoms with Crippen LogP contribution < -0.4 is 5.32 Å². The summed E-state index contributed by atoms with van der Waals surface area (Å²) < 4.78 is 0. The predicted molar refractivity (Wildman–Crippen MR) is 38.3 cm³/mol. The van der Waals surface area contributed by atoms with Gasteiger partial charge in [0.05, 0.1) is 0 Å². The molecule has 1 heteroatoms. The molecule has 2 aliphatic rings. The van der Waals surface area contributed by atoms with Crippen molar-refractivity contribution >= 4 is 0 Å². The van der Waals surface area contributed by atoms with Gasteiger partial charge < -0.3 is 5.32 Å². The van der Waals surface area contributed by atoms with Gasteiger partial charge in [0.2, 0.25) is 0 Å². The number of rotatable bonds is 0. The van der Waals surface area contributed by atoms with E-state index in [2.05, 4.69) is 12.2 Å². The van der Waals surface area contributed by atoms with Gasteiger partial charge in [-0.3, -0.25) is 0 Å². The van der Waals surface area contributed by atoms with Crippen molar-refractivity contribution in [3.8, 4) is 0 Å². The molecule has 3 atom stereocenters. The van der Waals surface area contributed by atoms with Gasteiger partial charge in [0.25, 0.3) is 0 Å². The van der Waals surface area contributed by atoms with Crippen molar-refractivity contribution in [3.05, 3.63) is 0 Å². The Morgan fingerprint density at radius 2 is 2.22 bits per heavy atom. The lowest BCUT2D eigenvalue weighted by molar-refractivity contribution is 0.128. The summed E-state index contributed by atoms with van der Waals surface area (Å²) in [6, 6.07) is 0.918. The third-order valence-corrected chi connectivity index (χ3v) is 2.85. The molecule has 1 heterocycles. The van der Waals surface area contributed by atoms with Crippen LogP contribution in [0.4, 0.5) is 0 Å². The smallest absolute Gasteiger partial charge is 0.00956 e. The van der Waals surface area contributed by atoms with Crippen molar-refractivity contribution in [2.75, 3.05) is 6.54 Å². The van der Waals surface area contributed by atoms with Crippen molar-refractivity contribution in [2.45, 2.75) is 32.2 Å². The van der Waals surface area contributed by atoms with Crippen molar-refractivity contribution < 1.29 is 0 Å². The zero-order chi connectivity index (χ0) is 6.27. The fourth-order valence-corrected chi connectivity index (χ4v) is 2.07. The highest BCUT2D eigenvalue weighted by Gasteiger charge is 2.34. The summed E-state index contributed by atoms with van der Waals surface area (Å²) in [7, 11) is 0. The van der Waals surface area contributed by atoms with E-state index in [9.17, 15) is 0 Å². The van der Waals surface area contributed by atoms with E-state index in [-0.39, 0.29) is 0 Å². The van der Waals surface area contributed by atoms with E-state index in [1.807, 2.05) is 0 Å². The van der Waals surface area contributed by atoms with Crippen LogP contribution in [-0.2, 0) is 0 Å². The fraction of sp³-hybridized carbons (Fsp3) is 1.00. The van der Waals surface area contributed by atoms with Crippen LogP contribution in [0.3, 0.4) is 0 Å². The van der Waals surface area contributed by atoms with Crippen LogP contribution in [0.2, 0.25) is 0 Å². The number of nitrogens with one attached hydrogen (secondary N) is 1. The molecule has 0 bridgehead atoms. The summed E-state index contributed by atoms with van der Waals surface area (Å²) >= 11 is 0. The summed E-state index contributed by atoms with van der Waals surface area (Å²) in [6.45, 7) is 3.61. The third-order valence-electron chi connectivity index (χ3n) is 2.85. The van der Waals surface area contributed by atoms with Gasteiger partial charge in [-0.2, -0.15) is 0 Å². The molecule has 0 amide bonds. The molecular formula is C8H15N. The van der Waals surface area contributed by atoms with E-state index in [1.165, 1.54) is 25.8 Å². The molecule has 9 heavy (non-hydrogen) atoms. The zero-order valence-electron chi connectivity index (χ0n) is 6.06. The molecule has 1 saturated heterocycles. The molecule has 0 aromatic heterocycles. The Morgan fingerprint density at radius 1 is 1.33 bits per heavy atom. The number of hydrogen-bond donors (Lipinski definition) is 1. The maximum absolute atomic E-state index is 3.57. The number of hydrogen-bond acceptors (Lipinski definition) is 1. The Morgan fingerprint density at radius 3 is 2.67 bits per heavy atom. The maximum atomic E-state index is 3.57. The molecule has 1 N–H and O–H groups in total. The van der Waals surface area contributed by atoms with E-state index >= 15 is 0 Å². The Balaban J connectivity index is 1.92. The van der Waals surface area contributed by atoms with Crippen molar-refractivity contribution in [1.82, 2.24) is 5.32 Å². The quantitative estimate of drug-likeness (QED) is 0.516. The van der Waals surface area contributed by atoms with Gasteiger partial charge in [-0.05, 0) is 37.6 Å². The van der Waals surface area contributed by atoms with Crippen LogP contribution in [0.5, 0.6) is 0 Å². The molecule has 0 radical (unpaired) electrons. The second kappa shape index (κ2) is 1.98. The van der Waals surface area contributed by atoms with Gasteiger partial charge in [-0.1, -0.05) is 6.92 Å². The molecule has 1 nitrogen and oxygen atoms in total. The van der Waals surface area contributed by atoms with Crippen LogP contribution in [0.1, 0.15) is 26.2 Å². The lowest BCUT2D eigenvalue weighted by Gasteiger charge is -2.43. The molecule has 52 valence electrons. The Kier molecular flexibility index (Phi) is 1.26. The molecule has 2 rings (SSSR count). The summed E-state index contributed by atoms with van der Waals surface area (Å²) in [4.78, 5) is 0. The van der Waals surface area contributed by atoms with Crippen molar-refractivity contribution in [2.24, 2.45) is 11.8 Å². The van der Waals surface area contributed by atoms with Gasteiger partial charge in [0.15, 0.2) is 0 Å². The Hall–Kier alpha value is -0.0400. The Labute approximate surface area is 56.8 Å². The summed E-state index contributed by atoms with van der Waals surface area (Å²) in [5.41, 5.74) is 0. The molecular weight excluding hydrogens is 110 g/mol. The van der Waals surface area contributed by atoms with Crippen LogP contribution in [0, 0.1) is 11.8 Å². The normalized spacial score (nSPS) is 49.7. The number of piperidine rings is 1. The van der Waals surface area contributed by atoms with Gasteiger partial charge in [0.1, 0.15) is 0 Å². The first kappa shape index (κ1) is 5.72. The van der Waals surface area contributed by atoms with Crippen molar-refractivity contribution in [3.63, 3.8) is 0 Å². The first-order chi connectivity index (χ1) is 4.36. The third kappa shape index (κ3) is 0.877. The van der Waals surface area contributed by atoms with Crippen LogP contribution in [-0.4, -0.2) is 12.6 Å². The minimum Gasteiger partial charge on any atom is -0.313 e. The summed E-state index contributed by atoms with van der Waals surface area (Å²) in [5, 5.41) is 3.57. The monoisotopic (exact) mass is 125 g/mol. The van der Waals surface area contributed by atoms with E-state index in [0.29, 0.717) is 0 Å². The van der Waals surface area contributed by atoms with E-state index in [1.54, 1.807) is 0 Å². The lowest BCUT2D eigenvalue weighted by Crippen LogP contribution is -2.50. The molecule has 0 aromatic rings. The van der Waals surface area contributed by atoms with Gasteiger partial charge in [-0.15, -0.1) is 0 Å². The first-order valence-corrected chi connectivity index (χ1v) is 4.09. The largest absolute Gasteiger partial charge is 0.313 e. The molecule has 1 saturated carbocycles. The van der Waals surface area contributed by atoms with Crippen molar-refractivity contribution in [1.29, 1.82) is 0 Å². The minimum atomic E-state index is 0.918. The highest BCUT2D eigenvalue weighted by Crippen LogP contribution is 2.35. The molecule has 0 aromatic carbocycles. The summed E-state index contributed by atoms with van der Waals surface area (Å²) in [6.07, 6.45) is 4.41. The standard InChI is InChI=1S/C8H15N/c1-6-4-7-2-3-8(7)9-5-6/h6-9H,2-5H2,1H3. The van der Waals surface area contributed by atoms with E-state index < -0.39 is 0 Å². The second-order valence-electron chi connectivity index (χ2n) is 3.69. The highest BCUT2D eigenvalue weighted by molar-refractivity contribution is 4.91. The highest BCUT2D eigenvalue weighted by atomic mass is 15.0. The molecule has 2 fully saturated rings. The van der Waals surface area contributed by atoms with E-state index in [4.69, 9.17) is 0 Å². The molecule has 0 spiro atoms. The molecule has 1 aliphatic heterocycles. The van der Waals surface area contributed by atoms with Gasteiger partial charge in [0, 0.05) is 6.04 Å². The van der Waals surface area contributed by atoms with Crippen LogP contribution >= 0.6 is 0 Å². The van der Waals surface area contributed by atoms with Gasteiger partial charge in [-0.25, -0.2) is 0 Å². The van der Waals surface area contributed by atoms with E-state index in [0.717, 1.165) is 17.9 Å². The average Bonchev–Trinajstić information content (AvgIpc) is 1.78. The average molecular weight is 125 g/mol. The number of fused-ring (bicyclic) bond motifs is 1. The molecule has 1 aliphatic carbocycles. The second-order valence-corrected chi connectivity index (χ2v) is 3.69. The predicted octanol–water partition coefficient (Wildman–Crippen LogP) is 1.39. The Bertz CT molecular complexity index is 111. The maximum Gasteiger partial charge on any atom is 0.00956 e. The van der Waals surface area contributed by atoms with Crippen LogP contribution in [0.25, 0.3) is 0 Å². The van der Waals surface area contributed by atoms with Gasteiger partial charge >= 0.3 is 0 Å². The minimum absolute atomic E-state index is 0.918. The van der Waals surface area contributed by atoms with Crippen LogP contribution in [0.15, 0.2) is 0 Å². The fourth-order valence-electron chi connectivity index (χ4n) is 2.07. The topological polar surface area (TPSA) is 12.0 Å². The first-order valence-electron chi connectivity index (χ1n) is 4.09. The lowest BCUT2D eigenvalue weighted by atomic mass is 9.72.